The number of hydrogen-bond donors (Lipinski definition) is 0. The van der Waals surface area contributed by atoms with Crippen LogP contribution < -0.4 is 0 Å². The van der Waals surface area contributed by atoms with Crippen molar-refractivity contribution in [1.82, 2.24) is 0 Å². The van der Waals surface area contributed by atoms with Gasteiger partial charge in [0.15, 0.2) is 0 Å². The van der Waals surface area contributed by atoms with Crippen molar-refractivity contribution in [2.24, 2.45) is 0 Å². The predicted molar refractivity (Wildman–Crippen MR) is 75.4 cm³/mol. The summed E-state index contributed by atoms with van der Waals surface area (Å²) in [4.78, 5) is 10.5. The van der Waals surface area contributed by atoms with Crippen LogP contribution in [0.4, 0.5) is 5.69 Å². The molecule has 1 heterocycles. The van der Waals surface area contributed by atoms with E-state index >= 15 is 0 Å². The van der Waals surface area contributed by atoms with E-state index in [2.05, 4.69) is 13.0 Å². The number of benzene rings is 1. The summed E-state index contributed by atoms with van der Waals surface area (Å²) in [5.41, 5.74) is 0.850. The topological polar surface area (TPSA) is 43.1 Å². The van der Waals surface area contributed by atoms with E-state index in [1.54, 1.807) is 12.1 Å². The van der Waals surface area contributed by atoms with E-state index in [0.717, 1.165) is 5.75 Å². The molecule has 1 aromatic carbocycles. The van der Waals surface area contributed by atoms with Gasteiger partial charge in [-0.1, -0.05) is 31.2 Å². The SMILES string of the molecule is C[C@@H]1CS[C@H](/C=C\c2ccccc2[N+](=O)[O-])S1. The molecule has 1 aliphatic heterocycles. The zero-order chi connectivity index (χ0) is 12.3. The molecule has 0 spiro atoms. The van der Waals surface area contributed by atoms with Crippen LogP contribution in [0.3, 0.4) is 0 Å². The molecule has 0 radical (unpaired) electrons. The van der Waals surface area contributed by atoms with E-state index in [-0.39, 0.29) is 10.6 Å². The average Bonchev–Trinajstić information content (AvgIpc) is 2.73. The second kappa shape index (κ2) is 5.60. The van der Waals surface area contributed by atoms with Crippen LogP contribution in [0.25, 0.3) is 6.08 Å². The van der Waals surface area contributed by atoms with Crippen molar-refractivity contribution in [2.45, 2.75) is 16.8 Å². The highest BCUT2D eigenvalue weighted by Gasteiger charge is 2.20. The summed E-state index contributed by atoms with van der Waals surface area (Å²) in [6.07, 6.45) is 3.92. The minimum atomic E-state index is -0.336. The molecule has 1 fully saturated rings. The fourth-order valence-electron chi connectivity index (χ4n) is 1.62. The summed E-state index contributed by atoms with van der Waals surface area (Å²) in [5, 5.41) is 11.5. The minimum Gasteiger partial charge on any atom is -0.258 e. The van der Waals surface area contributed by atoms with Gasteiger partial charge in [-0.3, -0.25) is 10.1 Å². The molecule has 2 rings (SSSR count). The number of nitro groups is 1. The monoisotopic (exact) mass is 267 g/mol. The standard InChI is InChI=1S/C12H13NO2S2/c1-9-8-16-12(17-9)7-6-10-4-2-3-5-11(10)13(14)15/h2-7,9,12H,8H2,1H3/b7-6-/t9-,12+/m1/s1. The molecule has 0 aliphatic carbocycles. The van der Waals surface area contributed by atoms with Crippen LogP contribution in [-0.2, 0) is 0 Å². The highest BCUT2D eigenvalue weighted by atomic mass is 32.2. The Balaban J connectivity index is 2.13. The molecule has 0 saturated carbocycles. The molecule has 1 aliphatic rings. The lowest BCUT2D eigenvalue weighted by Crippen LogP contribution is -1.92. The molecule has 0 N–H and O–H groups in total. The second-order valence-corrected chi connectivity index (χ2v) is 6.88. The van der Waals surface area contributed by atoms with E-state index in [4.69, 9.17) is 0 Å². The first-order valence-electron chi connectivity index (χ1n) is 5.35. The van der Waals surface area contributed by atoms with Crippen LogP contribution >= 0.6 is 23.5 Å². The van der Waals surface area contributed by atoms with Gasteiger partial charge in [-0.15, -0.1) is 23.5 Å². The maximum atomic E-state index is 10.8. The summed E-state index contributed by atoms with van der Waals surface area (Å²) in [7, 11) is 0. The summed E-state index contributed by atoms with van der Waals surface area (Å²) in [6, 6.07) is 6.83. The lowest BCUT2D eigenvalue weighted by Gasteiger charge is -2.01. The largest absolute Gasteiger partial charge is 0.276 e. The summed E-state index contributed by atoms with van der Waals surface area (Å²) < 4.78 is 0.421. The van der Waals surface area contributed by atoms with E-state index in [1.807, 2.05) is 35.7 Å². The van der Waals surface area contributed by atoms with E-state index < -0.39 is 0 Å². The molecule has 0 amide bonds. The zero-order valence-electron chi connectivity index (χ0n) is 9.41. The molecular weight excluding hydrogens is 254 g/mol. The summed E-state index contributed by atoms with van der Waals surface area (Å²) >= 11 is 3.80. The van der Waals surface area contributed by atoms with Crippen LogP contribution in [0.2, 0.25) is 0 Å². The molecule has 17 heavy (non-hydrogen) atoms. The van der Waals surface area contributed by atoms with E-state index in [0.29, 0.717) is 15.4 Å². The molecule has 0 aromatic heterocycles. The van der Waals surface area contributed by atoms with Crippen molar-refractivity contribution in [1.29, 1.82) is 0 Å². The molecule has 1 saturated heterocycles. The van der Waals surface area contributed by atoms with Crippen molar-refractivity contribution in [3.05, 3.63) is 46.0 Å². The predicted octanol–water partition coefficient (Wildman–Crippen LogP) is 3.80. The maximum absolute atomic E-state index is 10.8. The molecule has 0 bridgehead atoms. The smallest absolute Gasteiger partial charge is 0.258 e. The van der Waals surface area contributed by atoms with Crippen LogP contribution in [0, 0.1) is 10.1 Å². The number of rotatable bonds is 3. The molecule has 0 unspecified atom stereocenters. The van der Waals surface area contributed by atoms with E-state index in [1.165, 1.54) is 6.07 Å². The van der Waals surface area contributed by atoms with Crippen LogP contribution in [0.1, 0.15) is 12.5 Å². The fourth-order valence-corrected chi connectivity index (χ4v) is 4.56. The number of nitro benzene ring substituents is 1. The van der Waals surface area contributed by atoms with Gasteiger partial charge in [-0.05, 0) is 6.07 Å². The summed E-state index contributed by atoms with van der Waals surface area (Å²) in [5.74, 6) is 1.15. The van der Waals surface area contributed by atoms with Gasteiger partial charge in [0.1, 0.15) is 0 Å². The Morgan fingerprint density at radius 2 is 2.24 bits per heavy atom. The molecular formula is C12H13NO2S2. The number of thioether (sulfide) groups is 2. The third kappa shape index (κ3) is 3.26. The summed E-state index contributed by atoms with van der Waals surface area (Å²) in [6.45, 7) is 2.20. The third-order valence-corrected chi connectivity index (χ3v) is 5.62. The van der Waals surface area contributed by atoms with Gasteiger partial charge in [0, 0.05) is 17.1 Å². The van der Waals surface area contributed by atoms with Crippen molar-refractivity contribution < 1.29 is 4.92 Å². The fraction of sp³-hybridized carbons (Fsp3) is 0.333. The molecule has 1 aromatic rings. The Morgan fingerprint density at radius 3 is 2.88 bits per heavy atom. The first-order valence-corrected chi connectivity index (χ1v) is 7.34. The van der Waals surface area contributed by atoms with Crippen LogP contribution in [0.15, 0.2) is 30.3 Å². The van der Waals surface area contributed by atoms with Crippen molar-refractivity contribution in [3.8, 4) is 0 Å². The zero-order valence-corrected chi connectivity index (χ0v) is 11.0. The van der Waals surface area contributed by atoms with Gasteiger partial charge in [0.05, 0.1) is 15.1 Å². The lowest BCUT2D eigenvalue weighted by molar-refractivity contribution is -0.385. The normalized spacial score (nSPS) is 24.3. The van der Waals surface area contributed by atoms with Crippen LogP contribution in [0.5, 0.6) is 0 Å². The molecule has 5 heteroatoms. The third-order valence-electron chi connectivity index (χ3n) is 2.43. The van der Waals surface area contributed by atoms with Gasteiger partial charge in [0.2, 0.25) is 0 Å². The van der Waals surface area contributed by atoms with Crippen molar-refractivity contribution >= 4 is 35.3 Å². The quantitative estimate of drug-likeness (QED) is 0.617. The van der Waals surface area contributed by atoms with Crippen LogP contribution in [-0.4, -0.2) is 20.5 Å². The molecule has 2 atom stereocenters. The Kier molecular flexibility index (Phi) is 4.12. The van der Waals surface area contributed by atoms with E-state index in [9.17, 15) is 10.1 Å². The molecule has 3 nitrogen and oxygen atoms in total. The highest BCUT2D eigenvalue weighted by Crippen LogP contribution is 2.38. The van der Waals surface area contributed by atoms with Gasteiger partial charge >= 0.3 is 0 Å². The number of nitrogens with zero attached hydrogens (tertiary/aromatic N) is 1. The first kappa shape index (κ1) is 12.5. The average molecular weight is 267 g/mol. The Bertz CT molecular complexity index is 448. The van der Waals surface area contributed by atoms with Gasteiger partial charge < -0.3 is 0 Å². The number of hydrogen-bond acceptors (Lipinski definition) is 4. The first-order chi connectivity index (χ1) is 8.16. The van der Waals surface area contributed by atoms with Gasteiger partial charge in [-0.25, -0.2) is 0 Å². The minimum absolute atomic E-state index is 0.171. The lowest BCUT2D eigenvalue weighted by atomic mass is 10.2. The van der Waals surface area contributed by atoms with Crippen molar-refractivity contribution in [3.63, 3.8) is 0 Å². The second-order valence-electron chi connectivity index (χ2n) is 3.82. The van der Waals surface area contributed by atoms with Crippen molar-refractivity contribution in [2.75, 3.05) is 5.75 Å². The van der Waals surface area contributed by atoms with Gasteiger partial charge in [-0.2, -0.15) is 0 Å². The molecule has 90 valence electrons. The highest BCUT2D eigenvalue weighted by molar-refractivity contribution is 8.20. The Labute approximate surface area is 109 Å². The van der Waals surface area contributed by atoms with Gasteiger partial charge in [0.25, 0.3) is 5.69 Å². The number of para-hydroxylation sites is 1. The maximum Gasteiger partial charge on any atom is 0.276 e. The Hall–Kier alpha value is -0.940. The Morgan fingerprint density at radius 1 is 1.47 bits per heavy atom.